The summed E-state index contributed by atoms with van der Waals surface area (Å²) in [5.41, 5.74) is 1.14. The molecular formula is C17H20FN3O. The first kappa shape index (κ1) is 13.9. The lowest BCUT2D eigenvalue weighted by Gasteiger charge is -2.23. The summed E-state index contributed by atoms with van der Waals surface area (Å²) >= 11 is 0. The summed E-state index contributed by atoms with van der Waals surface area (Å²) in [5.74, 6) is -0.177. The Bertz CT molecular complexity index is 628. The molecule has 3 heterocycles. The molecule has 4 nitrogen and oxygen atoms in total. The molecular weight excluding hydrogens is 281 g/mol. The molecule has 0 N–H and O–H groups in total. The third kappa shape index (κ3) is 2.66. The van der Waals surface area contributed by atoms with Crippen molar-refractivity contribution in [2.24, 2.45) is 0 Å². The van der Waals surface area contributed by atoms with Crippen molar-refractivity contribution in [3.8, 4) is 0 Å². The number of likely N-dealkylation sites (tertiary alicyclic amines) is 1. The Hall–Kier alpha value is -1.72. The lowest BCUT2D eigenvalue weighted by molar-refractivity contribution is 0.0112. The van der Waals surface area contributed by atoms with Gasteiger partial charge >= 0.3 is 0 Å². The predicted octanol–water partition coefficient (Wildman–Crippen LogP) is 2.63. The maximum atomic E-state index is 13.0. The number of nitrogens with zero attached hydrogens (tertiary/aromatic N) is 3. The Labute approximate surface area is 129 Å². The van der Waals surface area contributed by atoms with Crippen LogP contribution in [-0.4, -0.2) is 39.7 Å². The maximum absolute atomic E-state index is 13.0. The molecule has 2 aliphatic rings. The average Bonchev–Trinajstić information content (AvgIpc) is 3.24. The third-order valence-electron chi connectivity index (χ3n) is 4.85. The molecule has 22 heavy (non-hydrogen) atoms. The summed E-state index contributed by atoms with van der Waals surface area (Å²) in [4.78, 5) is 6.53. The van der Waals surface area contributed by atoms with E-state index in [1.165, 1.54) is 12.1 Å². The molecule has 1 aromatic carbocycles. The van der Waals surface area contributed by atoms with Crippen LogP contribution in [0.2, 0.25) is 0 Å². The molecule has 0 amide bonds. The standard InChI is InChI=1S/C17H20FN3O/c18-15-3-1-14(2-4-15)10-20-7-5-17(12-20)9-16(11-22-17)21-8-6-19-13-21/h1-4,6,8,13,16H,5,7,9-12H2. The van der Waals surface area contributed by atoms with Crippen LogP contribution in [-0.2, 0) is 11.3 Å². The van der Waals surface area contributed by atoms with Gasteiger partial charge in [-0.05, 0) is 24.1 Å². The summed E-state index contributed by atoms with van der Waals surface area (Å²) in [7, 11) is 0. The van der Waals surface area contributed by atoms with E-state index in [0.29, 0.717) is 6.04 Å². The van der Waals surface area contributed by atoms with Crippen LogP contribution in [0.3, 0.4) is 0 Å². The average molecular weight is 301 g/mol. The molecule has 2 unspecified atom stereocenters. The van der Waals surface area contributed by atoms with Crippen molar-refractivity contribution in [2.45, 2.75) is 31.0 Å². The van der Waals surface area contributed by atoms with Crippen LogP contribution in [0.1, 0.15) is 24.4 Å². The number of aromatic nitrogens is 2. The molecule has 2 aromatic rings. The molecule has 0 radical (unpaired) electrons. The van der Waals surface area contributed by atoms with Crippen LogP contribution in [0.15, 0.2) is 43.0 Å². The molecule has 1 aromatic heterocycles. The lowest BCUT2D eigenvalue weighted by atomic mass is 9.97. The topological polar surface area (TPSA) is 30.3 Å². The number of ether oxygens (including phenoxy) is 1. The van der Waals surface area contributed by atoms with Gasteiger partial charge in [0.15, 0.2) is 0 Å². The number of imidazole rings is 1. The molecule has 2 aliphatic heterocycles. The van der Waals surface area contributed by atoms with Crippen LogP contribution >= 0.6 is 0 Å². The van der Waals surface area contributed by atoms with E-state index in [4.69, 9.17) is 4.74 Å². The van der Waals surface area contributed by atoms with Crippen molar-refractivity contribution in [3.63, 3.8) is 0 Å². The molecule has 2 atom stereocenters. The zero-order valence-electron chi connectivity index (χ0n) is 12.5. The molecule has 0 saturated carbocycles. The number of halogens is 1. The fourth-order valence-corrected chi connectivity index (χ4v) is 3.69. The molecule has 0 bridgehead atoms. The predicted molar refractivity (Wildman–Crippen MR) is 80.9 cm³/mol. The highest BCUT2D eigenvalue weighted by Crippen LogP contribution is 2.40. The second-order valence-corrected chi connectivity index (χ2v) is 6.45. The Morgan fingerprint density at radius 1 is 1.32 bits per heavy atom. The van der Waals surface area contributed by atoms with Gasteiger partial charge in [-0.1, -0.05) is 12.1 Å². The van der Waals surface area contributed by atoms with E-state index >= 15 is 0 Å². The molecule has 116 valence electrons. The largest absolute Gasteiger partial charge is 0.371 e. The zero-order valence-corrected chi connectivity index (χ0v) is 12.5. The van der Waals surface area contributed by atoms with E-state index in [2.05, 4.69) is 14.5 Å². The van der Waals surface area contributed by atoms with Crippen LogP contribution in [0.4, 0.5) is 4.39 Å². The van der Waals surface area contributed by atoms with Gasteiger partial charge in [0.1, 0.15) is 5.82 Å². The first-order valence-corrected chi connectivity index (χ1v) is 7.81. The summed E-state index contributed by atoms with van der Waals surface area (Å²) in [6.07, 6.45) is 7.82. The number of benzene rings is 1. The first-order valence-electron chi connectivity index (χ1n) is 7.81. The molecule has 4 rings (SSSR count). The first-order chi connectivity index (χ1) is 10.7. The van der Waals surface area contributed by atoms with Crippen molar-refractivity contribution in [1.29, 1.82) is 0 Å². The number of hydrogen-bond acceptors (Lipinski definition) is 3. The molecule has 2 saturated heterocycles. The fourth-order valence-electron chi connectivity index (χ4n) is 3.69. The zero-order chi connectivity index (χ0) is 15.0. The monoisotopic (exact) mass is 301 g/mol. The Morgan fingerprint density at radius 2 is 2.18 bits per heavy atom. The van der Waals surface area contributed by atoms with E-state index in [1.807, 2.05) is 30.9 Å². The molecule has 1 spiro atoms. The summed E-state index contributed by atoms with van der Waals surface area (Å²) in [6.45, 7) is 3.62. The van der Waals surface area contributed by atoms with E-state index in [9.17, 15) is 4.39 Å². The highest BCUT2D eigenvalue weighted by atomic mass is 19.1. The second kappa shape index (κ2) is 5.48. The van der Waals surface area contributed by atoms with Crippen molar-refractivity contribution >= 4 is 0 Å². The Morgan fingerprint density at radius 3 is 2.95 bits per heavy atom. The number of hydrogen-bond donors (Lipinski definition) is 0. The van der Waals surface area contributed by atoms with Crippen LogP contribution in [0.5, 0.6) is 0 Å². The minimum atomic E-state index is -0.177. The highest BCUT2D eigenvalue weighted by molar-refractivity contribution is 5.16. The maximum Gasteiger partial charge on any atom is 0.123 e. The van der Waals surface area contributed by atoms with Gasteiger partial charge in [-0.3, -0.25) is 4.90 Å². The van der Waals surface area contributed by atoms with Crippen molar-refractivity contribution < 1.29 is 9.13 Å². The van der Waals surface area contributed by atoms with Gasteiger partial charge in [0.25, 0.3) is 0 Å². The molecule has 5 heteroatoms. The minimum Gasteiger partial charge on any atom is -0.371 e. The van der Waals surface area contributed by atoms with E-state index in [-0.39, 0.29) is 11.4 Å². The van der Waals surface area contributed by atoms with Crippen molar-refractivity contribution in [1.82, 2.24) is 14.5 Å². The smallest absolute Gasteiger partial charge is 0.123 e. The van der Waals surface area contributed by atoms with Gasteiger partial charge < -0.3 is 9.30 Å². The summed E-state index contributed by atoms with van der Waals surface area (Å²) in [5, 5.41) is 0. The van der Waals surface area contributed by atoms with Gasteiger partial charge in [-0.15, -0.1) is 0 Å². The van der Waals surface area contributed by atoms with Crippen molar-refractivity contribution in [3.05, 3.63) is 54.4 Å². The van der Waals surface area contributed by atoms with Crippen LogP contribution in [0.25, 0.3) is 0 Å². The van der Waals surface area contributed by atoms with Gasteiger partial charge in [-0.2, -0.15) is 0 Å². The number of rotatable bonds is 3. The summed E-state index contributed by atoms with van der Waals surface area (Å²) < 4.78 is 21.3. The third-order valence-corrected chi connectivity index (χ3v) is 4.85. The SMILES string of the molecule is Fc1ccc(CN2CCC3(CC(n4ccnc4)CO3)C2)cc1. The van der Waals surface area contributed by atoms with Gasteiger partial charge in [0.2, 0.25) is 0 Å². The Balaban J connectivity index is 1.39. The normalized spacial score (nSPS) is 28.7. The lowest BCUT2D eigenvalue weighted by Crippen LogP contribution is -2.32. The van der Waals surface area contributed by atoms with Crippen LogP contribution < -0.4 is 0 Å². The quantitative estimate of drug-likeness (QED) is 0.873. The van der Waals surface area contributed by atoms with Gasteiger partial charge in [0, 0.05) is 38.4 Å². The van der Waals surface area contributed by atoms with Gasteiger partial charge in [0.05, 0.1) is 24.6 Å². The Kier molecular flexibility index (Phi) is 3.47. The second-order valence-electron chi connectivity index (χ2n) is 6.45. The summed E-state index contributed by atoms with van der Waals surface area (Å²) in [6, 6.07) is 7.19. The molecule has 0 aliphatic carbocycles. The fraction of sp³-hybridized carbons (Fsp3) is 0.471. The molecule has 2 fully saturated rings. The van der Waals surface area contributed by atoms with E-state index in [0.717, 1.165) is 44.6 Å². The van der Waals surface area contributed by atoms with E-state index < -0.39 is 0 Å². The minimum absolute atomic E-state index is 0.0189. The highest BCUT2D eigenvalue weighted by Gasteiger charge is 2.45. The van der Waals surface area contributed by atoms with E-state index in [1.54, 1.807) is 0 Å². The van der Waals surface area contributed by atoms with Gasteiger partial charge in [-0.25, -0.2) is 9.37 Å². The van der Waals surface area contributed by atoms with Crippen molar-refractivity contribution in [2.75, 3.05) is 19.7 Å². The van der Waals surface area contributed by atoms with Crippen LogP contribution in [0, 0.1) is 5.82 Å².